The minimum atomic E-state index is -0.268. The second-order valence-corrected chi connectivity index (χ2v) is 10.3. The van der Waals surface area contributed by atoms with Gasteiger partial charge in [0.1, 0.15) is 0 Å². The highest BCUT2D eigenvalue weighted by Crippen LogP contribution is 2.41. The standard InChI is InChI=1S/C13H23N3O.C12H20/c1-13(8-10-6-4-3-5-7-10)9-11(17)16(2)12(14)15-13;1-6-12(5)7-9(2)11(4)10(3)8-12/h10H,3-9H2,1-2H3,(H2,14,15);8,11H,2,6-7H2,1,3-5H3. The van der Waals surface area contributed by atoms with E-state index in [0.29, 0.717) is 23.7 Å². The van der Waals surface area contributed by atoms with Gasteiger partial charge in [0.25, 0.3) is 0 Å². The molecule has 0 radical (unpaired) electrons. The van der Waals surface area contributed by atoms with Gasteiger partial charge in [0.05, 0.1) is 12.0 Å². The fourth-order valence-corrected chi connectivity index (χ4v) is 5.04. The maximum Gasteiger partial charge on any atom is 0.231 e. The van der Waals surface area contributed by atoms with E-state index < -0.39 is 0 Å². The van der Waals surface area contributed by atoms with Gasteiger partial charge in [0.15, 0.2) is 5.96 Å². The summed E-state index contributed by atoms with van der Waals surface area (Å²) in [5, 5.41) is 0. The summed E-state index contributed by atoms with van der Waals surface area (Å²) in [7, 11) is 1.70. The van der Waals surface area contributed by atoms with Crippen molar-refractivity contribution in [1.29, 1.82) is 0 Å². The Labute approximate surface area is 178 Å². The fourth-order valence-electron chi connectivity index (χ4n) is 5.04. The van der Waals surface area contributed by atoms with Gasteiger partial charge in [0.2, 0.25) is 5.91 Å². The molecule has 0 aromatic carbocycles. The van der Waals surface area contributed by atoms with Crippen molar-refractivity contribution in [3.05, 3.63) is 23.8 Å². The topological polar surface area (TPSA) is 58.7 Å². The number of rotatable bonds is 3. The second kappa shape index (κ2) is 9.49. The van der Waals surface area contributed by atoms with Gasteiger partial charge in [-0.2, -0.15) is 0 Å². The van der Waals surface area contributed by atoms with Crippen LogP contribution in [0.15, 0.2) is 28.8 Å². The second-order valence-electron chi connectivity index (χ2n) is 10.3. The summed E-state index contributed by atoms with van der Waals surface area (Å²) in [5.41, 5.74) is 8.82. The van der Waals surface area contributed by atoms with Gasteiger partial charge in [-0.3, -0.25) is 9.69 Å². The predicted octanol–water partition coefficient (Wildman–Crippen LogP) is 5.84. The van der Waals surface area contributed by atoms with Crippen molar-refractivity contribution >= 4 is 11.9 Å². The van der Waals surface area contributed by atoms with Crippen LogP contribution in [-0.4, -0.2) is 29.4 Å². The molecule has 164 valence electrons. The molecule has 2 aliphatic carbocycles. The Balaban J connectivity index is 0.000000221. The van der Waals surface area contributed by atoms with Crippen molar-refractivity contribution in [2.24, 2.45) is 28.0 Å². The summed E-state index contributed by atoms with van der Waals surface area (Å²) in [6.45, 7) is 15.3. The monoisotopic (exact) mass is 401 g/mol. The highest BCUT2D eigenvalue weighted by molar-refractivity contribution is 5.98. The lowest BCUT2D eigenvalue weighted by Crippen LogP contribution is -2.49. The molecular formula is C25H43N3O. The number of guanidine groups is 1. The average Bonchev–Trinajstić information content (AvgIpc) is 2.65. The predicted molar refractivity (Wildman–Crippen MR) is 124 cm³/mol. The minimum absolute atomic E-state index is 0.0933. The molecule has 0 bridgehead atoms. The van der Waals surface area contributed by atoms with E-state index in [0.717, 1.165) is 12.3 Å². The molecule has 4 heteroatoms. The summed E-state index contributed by atoms with van der Waals surface area (Å²) in [6, 6.07) is 0. The van der Waals surface area contributed by atoms with Gasteiger partial charge >= 0.3 is 0 Å². The number of hydrogen-bond donors (Lipinski definition) is 1. The molecule has 0 spiro atoms. The molecule has 3 aliphatic rings. The minimum Gasteiger partial charge on any atom is -0.369 e. The van der Waals surface area contributed by atoms with E-state index in [9.17, 15) is 4.79 Å². The summed E-state index contributed by atoms with van der Waals surface area (Å²) < 4.78 is 0. The van der Waals surface area contributed by atoms with Crippen LogP contribution < -0.4 is 5.73 Å². The summed E-state index contributed by atoms with van der Waals surface area (Å²) >= 11 is 0. The first-order valence-electron chi connectivity index (χ1n) is 11.5. The van der Waals surface area contributed by atoms with E-state index in [1.165, 1.54) is 61.0 Å². The smallest absolute Gasteiger partial charge is 0.231 e. The van der Waals surface area contributed by atoms with Gasteiger partial charge in [-0.25, -0.2) is 4.99 Å². The number of nitrogens with zero attached hydrogens (tertiary/aromatic N) is 2. The zero-order valence-electron chi connectivity index (χ0n) is 19.7. The van der Waals surface area contributed by atoms with Crippen LogP contribution >= 0.6 is 0 Å². The Bertz CT molecular complexity index is 674. The third-order valence-electron chi connectivity index (χ3n) is 7.40. The number of aliphatic imine (C=N–C) groups is 1. The molecule has 1 saturated carbocycles. The van der Waals surface area contributed by atoms with Crippen molar-refractivity contribution in [3.8, 4) is 0 Å². The van der Waals surface area contributed by atoms with Crippen LogP contribution in [0.1, 0.15) is 92.4 Å². The first kappa shape index (κ1) is 23.7. The third kappa shape index (κ3) is 6.20. The summed E-state index contributed by atoms with van der Waals surface area (Å²) in [4.78, 5) is 17.8. The lowest BCUT2D eigenvalue weighted by Gasteiger charge is -2.36. The Hall–Kier alpha value is -1.58. The number of hydrogen-bond acceptors (Lipinski definition) is 3. The van der Waals surface area contributed by atoms with Gasteiger partial charge in [-0.1, -0.05) is 76.7 Å². The first-order valence-corrected chi connectivity index (χ1v) is 11.5. The molecular weight excluding hydrogens is 358 g/mol. The van der Waals surface area contributed by atoms with Crippen LogP contribution in [0.3, 0.4) is 0 Å². The van der Waals surface area contributed by atoms with Crippen LogP contribution in [0, 0.1) is 17.3 Å². The molecule has 0 aromatic rings. The molecule has 3 unspecified atom stereocenters. The van der Waals surface area contributed by atoms with Crippen molar-refractivity contribution in [2.75, 3.05) is 7.05 Å². The van der Waals surface area contributed by atoms with Crippen LogP contribution in [0.4, 0.5) is 0 Å². The third-order valence-corrected chi connectivity index (χ3v) is 7.40. The van der Waals surface area contributed by atoms with E-state index in [1.807, 2.05) is 0 Å². The first-order chi connectivity index (χ1) is 13.5. The highest BCUT2D eigenvalue weighted by atomic mass is 16.2. The lowest BCUT2D eigenvalue weighted by atomic mass is 9.71. The summed E-state index contributed by atoms with van der Waals surface area (Å²) in [5.74, 6) is 1.79. The Morgan fingerprint density at radius 1 is 1.24 bits per heavy atom. The summed E-state index contributed by atoms with van der Waals surface area (Å²) in [6.07, 6.45) is 12.9. The van der Waals surface area contributed by atoms with Crippen LogP contribution in [-0.2, 0) is 4.79 Å². The van der Waals surface area contributed by atoms with Gasteiger partial charge in [0, 0.05) is 7.05 Å². The maximum atomic E-state index is 11.8. The normalized spacial score (nSPS) is 33.6. The quantitative estimate of drug-likeness (QED) is 0.604. The maximum absolute atomic E-state index is 11.8. The molecule has 1 fully saturated rings. The molecule has 1 heterocycles. The number of carbonyl (C=O) groups is 1. The number of amides is 1. The molecule has 0 aromatic heterocycles. The zero-order valence-corrected chi connectivity index (χ0v) is 19.7. The lowest BCUT2D eigenvalue weighted by molar-refractivity contribution is -0.128. The van der Waals surface area contributed by atoms with Crippen molar-refractivity contribution in [1.82, 2.24) is 4.90 Å². The fraction of sp³-hybridized carbons (Fsp3) is 0.760. The van der Waals surface area contributed by atoms with Gasteiger partial charge in [-0.05, 0) is 50.4 Å². The van der Waals surface area contributed by atoms with Crippen molar-refractivity contribution in [2.45, 2.75) is 97.9 Å². The van der Waals surface area contributed by atoms with Crippen molar-refractivity contribution < 1.29 is 4.79 Å². The number of allylic oxidation sites excluding steroid dienone is 3. The molecule has 29 heavy (non-hydrogen) atoms. The van der Waals surface area contributed by atoms with E-state index >= 15 is 0 Å². The van der Waals surface area contributed by atoms with E-state index in [4.69, 9.17) is 5.73 Å². The van der Waals surface area contributed by atoms with E-state index in [1.54, 1.807) is 7.05 Å². The van der Waals surface area contributed by atoms with E-state index in [-0.39, 0.29) is 11.4 Å². The molecule has 1 aliphatic heterocycles. The average molecular weight is 402 g/mol. The van der Waals surface area contributed by atoms with Crippen molar-refractivity contribution in [3.63, 3.8) is 0 Å². The molecule has 0 saturated heterocycles. The van der Waals surface area contributed by atoms with Gasteiger partial charge in [-0.15, -0.1) is 0 Å². The Morgan fingerprint density at radius 3 is 2.38 bits per heavy atom. The van der Waals surface area contributed by atoms with Gasteiger partial charge < -0.3 is 5.73 Å². The molecule has 3 atom stereocenters. The van der Waals surface area contributed by atoms with Crippen LogP contribution in [0.5, 0.6) is 0 Å². The van der Waals surface area contributed by atoms with E-state index in [2.05, 4.69) is 52.3 Å². The Kier molecular flexibility index (Phi) is 7.75. The zero-order chi connectivity index (χ0) is 21.8. The SMILES string of the molecule is C=C1CC(C)(CC)C=C(C)C1C.CN1C(=O)CC(C)(CC2CCCCC2)N=C1N. The molecule has 1 amide bonds. The molecule has 3 rings (SSSR count). The Morgan fingerprint density at radius 2 is 1.86 bits per heavy atom. The largest absolute Gasteiger partial charge is 0.369 e. The van der Waals surface area contributed by atoms with Crippen LogP contribution in [0.25, 0.3) is 0 Å². The molecule has 2 N–H and O–H groups in total. The van der Waals surface area contributed by atoms with Crippen LogP contribution in [0.2, 0.25) is 0 Å². The molecule has 4 nitrogen and oxygen atoms in total. The number of nitrogens with two attached hydrogens (primary N) is 1. The highest BCUT2D eigenvalue weighted by Gasteiger charge is 2.36. The number of carbonyl (C=O) groups excluding carboxylic acids is 1.